The van der Waals surface area contributed by atoms with Crippen LogP contribution < -0.4 is 36.7 Å². The fraction of sp³-hybridized carbons (Fsp3) is 0. The Balaban J connectivity index is 1.64. The molecule has 0 saturated heterocycles. The molecule has 0 aliphatic carbocycles. The van der Waals surface area contributed by atoms with E-state index in [0.29, 0.717) is 0 Å². The number of hydrogen-bond donors (Lipinski definition) is 0. The van der Waals surface area contributed by atoms with Gasteiger partial charge in [0.1, 0.15) is 0 Å². The van der Waals surface area contributed by atoms with Crippen LogP contribution in [0, 0.1) is 0 Å². The van der Waals surface area contributed by atoms with Gasteiger partial charge in [0, 0.05) is 0 Å². The summed E-state index contributed by atoms with van der Waals surface area (Å²) in [4.78, 5) is 0. The molecule has 0 atom stereocenters. The molecular formula is C36H29PSi. The predicted molar refractivity (Wildman–Crippen MR) is 169 cm³/mol. The minimum atomic E-state index is -2.57. The van der Waals surface area contributed by atoms with E-state index < -0.39 is 16.0 Å². The molecule has 6 rings (SSSR count). The van der Waals surface area contributed by atoms with Gasteiger partial charge in [-0.15, -0.1) is 0 Å². The number of hydrogen-bond acceptors (Lipinski definition) is 0. The van der Waals surface area contributed by atoms with Gasteiger partial charge < -0.3 is 0 Å². The first-order valence-corrected chi connectivity index (χ1v) is 16.4. The summed E-state index contributed by atoms with van der Waals surface area (Å²) >= 11 is 0. The first-order chi connectivity index (χ1) is 18.9. The Morgan fingerprint density at radius 1 is 0.289 bits per heavy atom. The lowest BCUT2D eigenvalue weighted by molar-refractivity contribution is 1.67. The van der Waals surface area contributed by atoms with E-state index in [-0.39, 0.29) is 0 Å². The van der Waals surface area contributed by atoms with Crippen LogP contribution >= 0.6 is 7.92 Å². The van der Waals surface area contributed by atoms with Gasteiger partial charge in [0.05, 0.1) is 0 Å². The van der Waals surface area contributed by atoms with Crippen molar-refractivity contribution in [2.45, 2.75) is 0 Å². The maximum absolute atomic E-state index is 2.57. The first kappa shape index (κ1) is 24.3. The van der Waals surface area contributed by atoms with Crippen molar-refractivity contribution in [2.75, 3.05) is 0 Å². The van der Waals surface area contributed by atoms with Gasteiger partial charge in [0.15, 0.2) is 8.07 Å². The van der Waals surface area contributed by atoms with E-state index in [1.165, 1.54) is 36.7 Å². The Kier molecular flexibility index (Phi) is 7.13. The largest absolute Gasteiger partial charge is 0.179 e. The van der Waals surface area contributed by atoms with Gasteiger partial charge >= 0.3 is 0 Å². The van der Waals surface area contributed by atoms with Crippen LogP contribution in [-0.2, 0) is 0 Å². The fourth-order valence-electron chi connectivity index (χ4n) is 5.54. The minimum Gasteiger partial charge on any atom is -0.0623 e. The van der Waals surface area contributed by atoms with Crippen LogP contribution in [0.2, 0.25) is 0 Å². The molecule has 0 aliphatic heterocycles. The van der Waals surface area contributed by atoms with E-state index in [1.54, 1.807) is 0 Å². The molecule has 0 fully saturated rings. The molecule has 0 unspecified atom stereocenters. The lowest BCUT2D eigenvalue weighted by atomic mass is 10.3. The third-order valence-electron chi connectivity index (χ3n) is 7.19. The molecule has 0 nitrogen and oxygen atoms in total. The first-order valence-electron chi connectivity index (χ1n) is 13.0. The molecule has 2 heteroatoms. The van der Waals surface area contributed by atoms with Crippen molar-refractivity contribution in [1.29, 1.82) is 0 Å². The SMILES string of the molecule is c1ccc(P(c2ccccc2)c2cccc([Si](c3ccccc3)(c3ccccc3)c3ccccc3)c2)cc1. The van der Waals surface area contributed by atoms with Gasteiger partial charge in [-0.05, 0) is 44.6 Å². The van der Waals surface area contributed by atoms with Crippen LogP contribution in [0.1, 0.15) is 0 Å². The van der Waals surface area contributed by atoms with Crippen LogP contribution in [0.4, 0.5) is 0 Å². The highest BCUT2D eigenvalue weighted by molar-refractivity contribution is 7.79. The predicted octanol–water partition coefficient (Wildman–Crippen LogP) is 4.82. The molecule has 0 saturated carbocycles. The Bertz CT molecular complexity index is 1450. The van der Waals surface area contributed by atoms with Crippen LogP contribution in [0.15, 0.2) is 176 Å². The lowest BCUT2D eigenvalue weighted by Gasteiger charge is -2.35. The van der Waals surface area contributed by atoms with Crippen molar-refractivity contribution in [3.05, 3.63) is 176 Å². The standard InChI is InChI=1S/C36H29PSi/c1-6-17-30(18-7-1)37(31-19-8-2-9-20-31)32-21-16-28-36(29-32)38(33-22-10-3-11-23-33,34-24-12-4-13-25-34)35-26-14-5-15-27-35/h1-29H. The summed E-state index contributed by atoms with van der Waals surface area (Å²) in [5.74, 6) is 0. The molecule has 6 aromatic carbocycles. The zero-order valence-corrected chi connectivity index (χ0v) is 23.1. The third kappa shape index (κ3) is 4.56. The lowest BCUT2D eigenvalue weighted by Crippen LogP contribution is -2.75. The smallest absolute Gasteiger partial charge is 0.0623 e. The molecule has 0 aliphatic rings. The molecule has 0 radical (unpaired) electrons. The minimum absolute atomic E-state index is 0.694. The summed E-state index contributed by atoms with van der Waals surface area (Å²) in [7, 11) is -3.26. The van der Waals surface area contributed by atoms with Crippen molar-refractivity contribution in [2.24, 2.45) is 0 Å². The van der Waals surface area contributed by atoms with Crippen molar-refractivity contribution < 1.29 is 0 Å². The van der Waals surface area contributed by atoms with Gasteiger partial charge in [0.2, 0.25) is 0 Å². The van der Waals surface area contributed by atoms with Crippen LogP contribution in [0.25, 0.3) is 0 Å². The molecule has 0 N–H and O–H groups in total. The zero-order valence-electron chi connectivity index (χ0n) is 21.2. The highest BCUT2D eigenvalue weighted by Crippen LogP contribution is 2.32. The number of rotatable bonds is 7. The van der Waals surface area contributed by atoms with Crippen molar-refractivity contribution in [3.8, 4) is 0 Å². The van der Waals surface area contributed by atoms with E-state index in [2.05, 4.69) is 176 Å². The third-order valence-corrected chi connectivity index (χ3v) is 14.4. The molecule has 182 valence electrons. The Labute approximate surface area is 228 Å². The second-order valence-corrected chi connectivity index (χ2v) is 15.4. The summed E-state index contributed by atoms with van der Waals surface area (Å²) < 4.78 is 0. The quantitative estimate of drug-likeness (QED) is 0.161. The normalized spacial score (nSPS) is 11.4. The summed E-state index contributed by atoms with van der Waals surface area (Å²) in [6, 6.07) is 65.0. The van der Waals surface area contributed by atoms with Gasteiger partial charge in [-0.1, -0.05) is 176 Å². The van der Waals surface area contributed by atoms with Crippen molar-refractivity contribution >= 4 is 52.7 Å². The van der Waals surface area contributed by atoms with Crippen LogP contribution in [-0.4, -0.2) is 8.07 Å². The number of benzene rings is 6. The molecule has 38 heavy (non-hydrogen) atoms. The highest BCUT2D eigenvalue weighted by atomic mass is 31.1. The van der Waals surface area contributed by atoms with Gasteiger partial charge in [-0.25, -0.2) is 0 Å². The van der Waals surface area contributed by atoms with E-state index in [4.69, 9.17) is 0 Å². The van der Waals surface area contributed by atoms with Crippen molar-refractivity contribution in [3.63, 3.8) is 0 Å². The van der Waals surface area contributed by atoms with Gasteiger partial charge in [-0.2, -0.15) is 0 Å². The zero-order chi connectivity index (χ0) is 25.6. The summed E-state index contributed by atoms with van der Waals surface area (Å²) in [6.07, 6.45) is 0. The monoisotopic (exact) mass is 520 g/mol. The van der Waals surface area contributed by atoms with E-state index in [0.717, 1.165) is 0 Å². The van der Waals surface area contributed by atoms with E-state index in [1.807, 2.05) is 0 Å². The summed E-state index contributed by atoms with van der Waals surface area (Å²) in [5, 5.41) is 9.75. The molecule has 0 amide bonds. The van der Waals surface area contributed by atoms with Gasteiger partial charge in [0.25, 0.3) is 0 Å². The summed E-state index contributed by atoms with van der Waals surface area (Å²) in [6.45, 7) is 0. The average molecular weight is 521 g/mol. The Hall–Kier alpha value is -4.03. The second kappa shape index (κ2) is 11.2. The molecule has 0 heterocycles. The molecule has 0 spiro atoms. The van der Waals surface area contributed by atoms with E-state index in [9.17, 15) is 0 Å². The van der Waals surface area contributed by atoms with Crippen LogP contribution in [0.3, 0.4) is 0 Å². The maximum atomic E-state index is 2.52. The van der Waals surface area contributed by atoms with E-state index >= 15 is 0 Å². The Morgan fingerprint density at radius 3 is 1.00 bits per heavy atom. The summed E-state index contributed by atoms with van der Waals surface area (Å²) in [5.41, 5.74) is 0. The molecule has 6 aromatic rings. The average Bonchev–Trinajstić information content (AvgIpc) is 3.01. The molecular weight excluding hydrogens is 491 g/mol. The van der Waals surface area contributed by atoms with Crippen LogP contribution in [0.5, 0.6) is 0 Å². The second-order valence-electron chi connectivity index (χ2n) is 9.40. The molecule has 0 aromatic heterocycles. The maximum Gasteiger partial charge on any atom is 0.179 e. The molecule has 0 bridgehead atoms. The van der Waals surface area contributed by atoms with Crippen molar-refractivity contribution in [1.82, 2.24) is 0 Å². The Morgan fingerprint density at radius 2 is 0.605 bits per heavy atom. The fourth-order valence-corrected chi connectivity index (χ4v) is 12.8. The van der Waals surface area contributed by atoms with Gasteiger partial charge in [-0.3, -0.25) is 0 Å². The highest BCUT2D eigenvalue weighted by Gasteiger charge is 2.41. The topological polar surface area (TPSA) is 0 Å².